The molecule has 1 aliphatic carbocycles. The van der Waals surface area contributed by atoms with E-state index in [1.165, 1.54) is 25.0 Å². The molecule has 3 aliphatic rings. The molecule has 0 atom stereocenters. The van der Waals surface area contributed by atoms with Gasteiger partial charge in [0.1, 0.15) is 12.1 Å². The van der Waals surface area contributed by atoms with Crippen LogP contribution in [0.3, 0.4) is 0 Å². The molecule has 1 saturated carbocycles. The Morgan fingerprint density at radius 2 is 1.85 bits per heavy atom. The molecule has 1 aromatic heterocycles. The number of urea groups is 1. The van der Waals surface area contributed by atoms with Gasteiger partial charge in [0.05, 0.1) is 13.2 Å². The molecule has 1 aromatic rings. The molecule has 2 saturated heterocycles. The van der Waals surface area contributed by atoms with Crippen LogP contribution in [0.1, 0.15) is 43.7 Å². The van der Waals surface area contributed by atoms with Gasteiger partial charge in [0.15, 0.2) is 0 Å². The smallest absolute Gasteiger partial charge is 0.320 e. The molecule has 7 heteroatoms. The predicted molar refractivity (Wildman–Crippen MR) is 99.4 cm³/mol. The molecule has 4 rings (SSSR count). The van der Waals surface area contributed by atoms with Gasteiger partial charge in [0.25, 0.3) is 0 Å². The largest absolute Gasteiger partial charge is 0.378 e. The van der Waals surface area contributed by atoms with Crippen LogP contribution in [0.2, 0.25) is 0 Å². The first-order valence-electron chi connectivity index (χ1n) is 9.89. The van der Waals surface area contributed by atoms with E-state index in [4.69, 9.17) is 4.74 Å². The summed E-state index contributed by atoms with van der Waals surface area (Å²) in [6.07, 6.45) is 7.51. The molecule has 0 N–H and O–H groups in total. The van der Waals surface area contributed by atoms with Crippen LogP contribution in [0, 0.1) is 0 Å². The highest BCUT2D eigenvalue weighted by atomic mass is 16.5. The maximum atomic E-state index is 12.7. The van der Waals surface area contributed by atoms with E-state index in [0.29, 0.717) is 38.3 Å². The topological polar surface area (TPSA) is 61.8 Å². The fourth-order valence-electron chi connectivity index (χ4n) is 4.08. The molecule has 3 heterocycles. The fraction of sp³-hybridized carbons (Fsp3) is 0.737. The third kappa shape index (κ3) is 3.63. The summed E-state index contributed by atoms with van der Waals surface area (Å²) in [6.45, 7) is 4.57. The van der Waals surface area contributed by atoms with Crippen LogP contribution in [0.5, 0.6) is 0 Å². The van der Waals surface area contributed by atoms with E-state index >= 15 is 0 Å². The summed E-state index contributed by atoms with van der Waals surface area (Å²) in [7, 11) is 1.94. The number of rotatable bonds is 3. The minimum atomic E-state index is 0.140. The zero-order chi connectivity index (χ0) is 17.9. The SMILES string of the molecule is CN(C(=O)N1CCOCC1)C1CCN(c2cc(C3CCC3)ncn2)CC1. The quantitative estimate of drug-likeness (QED) is 0.827. The summed E-state index contributed by atoms with van der Waals surface area (Å²) >= 11 is 0. The molecule has 0 aromatic carbocycles. The van der Waals surface area contributed by atoms with E-state index in [1.54, 1.807) is 6.33 Å². The predicted octanol–water partition coefficient (Wildman–Crippen LogP) is 2.10. The number of aromatic nitrogens is 2. The van der Waals surface area contributed by atoms with Gasteiger partial charge >= 0.3 is 6.03 Å². The summed E-state index contributed by atoms with van der Waals surface area (Å²) in [4.78, 5) is 27.8. The van der Waals surface area contributed by atoms with Crippen molar-refractivity contribution < 1.29 is 9.53 Å². The third-order valence-corrected chi connectivity index (χ3v) is 6.12. The lowest BCUT2D eigenvalue weighted by atomic mass is 9.83. The third-order valence-electron chi connectivity index (χ3n) is 6.12. The van der Waals surface area contributed by atoms with E-state index in [-0.39, 0.29) is 6.03 Å². The molecular formula is C19H29N5O2. The van der Waals surface area contributed by atoms with Crippen LogP contribution in [-0.4, -0.2) is 78.3 Å². The van der Waals surface area contributed by atoms with Gasteiger partial charge in [0.2, 0.25) is 0 Å². The van der Waals surface area contributed by atoms with Crippen LogP contribution in [0.4, 0.5) is 10.6 Å². The van der Waals surface area contributed by atoms with Gasteiger partial charge in [-0.2, -0.15) is 0 Å². The van der Waals surface area contributed by atoms with Crippen molar-refractivity contribution in [3.63, 3.8) is 0 Å². The van der Waals surface area contributed by atoms with E-state index < -0.39 is 0 Å². The molecule has 2 aliphatic heterocycles. The molecule has 0 spiro atoms. The molecular weight excluding hydrogens is 330 g/mol. The second kappa shape index (κ2) is 7.78. The number of anilines is 1. The molecule has 142 valence electrons. The van der Waals surface area contributed by atoms with Crippen molar-refractivity contribution in [1.82, 2.24) is 19.8 Å². The second-order valence-electron chi connectivity index (χ2n) is 7.64. The van der Waals surface area contributed by atoms with Crippen molar-refractivity contribution in [2.45, 2.75) is 44.1 Å². The van der Waals surface area contributed by atoms with Gasteiger partial charge in [-0.1, -0.05) is 6.42 Å². The maximum absolute atomic E-state index is 12.7. The molecule has 0 radical (unpaired) electrons. The van der Waals surface area contributed by atoms with Gasteiger partial charge in [-0.25, -0.2) is 14.8 Å². The summed E-state index contributed by atoms with van der Waals surface area (Å²) in [5, 5.41) is 0. The molecule has 0 unspecified atom stereocenters. The summed E-state index contributed by atoms with van der Waals surface area (Å²) in [6, 6.07) is 2.61. The number of ether oxygens (including phenoxy) is 1. The Balaban J connectivity index is 1.32. The Kier molecular flexibility index (Phi) is 5.24. The first kappa shape index (κ1) is 17.5. The van der Waals surface area contributed by atoms with E-state index in [0.717, 1.165) is 31.7 Å². The Morgan fingerprint density at radius 1 is 1.12 bits per heavy atom. The van der Waals surface area contributed by atoms with Crippen molar-refractivity contribution in [2.75, 3.05) is 51.3 Å². The molecule has 0 bridgehead atoms. The zero-order valence-corrected chi connectivity index (χ0v) is 15.6. The lowest BCUT2D eigenvalue weighted by Crippen LogP contribution is -2.52. The van der Waals surface area contributed by atoms with Crippen LogP contribution in [0.15, 0.2) is 12.4 Å². The normalized spacial score (nSPS) is 22.2. The number of piperidine rings is 1. The summed E-state index contributed by atoms with van der Waals surface area (Å²) in [5.41, 5.74) is 1.20. The fourth-order valence-corrected chi connectivity index (χ4v) is 4.08. The van der Waals surface area contributed by atoms with Crippen molar-refractivity contribution in [3.8, 4) is 0 Å². The van der Waals surface area contributed by atoms with Crippen molar-refractivity contribution in [3.05, 3.63) is 18.1 Å². The van der Waals surface area contributed by atoms with Crippen LogP contribution in [-0.2, 0) is 4.74 Å². The number of carbonyl (C=O) groups excluding carboxylic acids is 1. The summed E-state index contributed by atoms with van der Waals surface area (Å²) in [5.74, 6) is 1.68. The van der Waals surface area contributed by atoms with Gasteiger partial charge in [-0.15, -0.1) is 0 Å². The van der Waals surface area contributed by atoms with Gasteiger partial charge in [0, 0.05) is 56.9 Å². The number of amides is 2. The minimum absolute atomic E-state index is 0.140. The Morgan fingerprint density at radius 3 is 2.50 bits per heavy atom. The van der Waals surface area contributed by atoms with Crippen molar-refractivity contribution in [2.24, 2.45) is 0 Å². The van der Waals surface area contributed by atoms with E-state index in [1.807, 2.05) is 16.8 Å². The Bertz CT molecular complexity index is 622. The average molecular weight is 359 g/mol. The van der Waals surface area contributed by atoms with Crippen molar-refractivity contribution in [1.29, 1.82) is 0 Å². The van der Waals surface area contributed by atoms with E-state index in [2.05, 4.69) is 20.9 Å². The molecule has 2 amide bonds. The first-order chi connectivity index (χ1) is 12.7. The van der Waals surface area contributed by atoms with Gasteiger partial charge < -0.3 is 19.4 Å². The lowest BCUT2D eigenvalue weighted by molar-refractivity contribution is 0.0409. The standard InChI is InChI=1S/C19H29N5O2/c1-22(19(25)24-9-11-26-12-10-24)16-5-7-23(8-6-16)18-13-17(20-14-21-18)15-3-2-4-15/h13-16H,2-12H2,1H3. The highest BCUT2D eigenvalue weighted by Crippen LogP contribution is 2.36. The van der Waals surface area contributed by atoms with Gasteiger partial charge in [-0.3, -0.25) is 0 Å². The van der Waals surface area contributed by atoms with Crippen molar-refractivity contribution >= 4 is 11.8 Å². The first-order valence-corrected chi connectivity index (χ1v) is 9.89. The summed E-state index contributed by atoms with van der Waals surface area (Å²) < 4.78 is 5.35. The number of nitrogens with zero attached hydrogens (tertiary/aromatic N) is 5. The Labute approximate surface area is 155 Å². The molecule has 7 nitrogen and oxygen atoms in total. The van der Waals surface area contributed by atoms with Gasteiger partial charge in [-0.05, 0) is 25.7 Å². The molecule has 26 heavy (non-hydrogen) atoms. The highest BCUT2D eigenvalue weighted by Gasteiger charge is 2.29. The monoisotopic (exact) mass is 359 g/mol. The highest BCUT2D eigenvalue weighted by molar-refractivity contribution is 5.74. The number of morpholine rings is 1. The number of hydrogen-bond donors (Lipinski definition) is 0. The van der Waals surface area contributed by atoms with Crippen LogP contribution >= 0.6 is 0 Å². The Hall–Kier alpha value is -1.89. The van der Waals surface area contributed by atoms with Crippen LogP contribution in [0.25, 0.3) is 0 Å². The minimum Gasteiger partial charge on any atom is -0.378 e. The maximum Gasteiger partial charge on any atom is 0.320 e. The zero-order valence-electron chi connectivity index (χ0n) is 15.6. The molecule has 3 fully saturated rings. The average Bonchev–Trinajstić information content (AvgIpc) is 2.66. The lowest BCUT2D eigenvalue weighted by Gasteiger charge is -2.40. The van der Waals surface area contributed by atoms with E-state index in [9.17, 15) is 4.79 Å². The number of carbonyl (C=O) groups is 1. The number of hydrogen-bond acceptors (Lipinski definition) is 5. The van der Waals surface area contributed by atoms with Crippen LogP contribution < -0.4 is 4.90 Å². The second-order valence-corrected chi connectivity index (χ2v) is 7.64.